The molecule has 2 nitrogen and oxygen atoms in total. The molecule has 0 spiro atoms. The van der Waals surface area contributed by atoms with Gasteiger partial charge in [-0.1, -0.05) is 52.4 Å². The van der Waals surface area contributed by atoms with E-state index in [2.05, 4.69) is 13.8 Å². The first kappa shape index (κ1) is 15.5. The van der Waals surface area contributed by atoms with E-state index in [4.69, 9.17) is 4.74 Å². The second-order valence-corrected chi connectivity index (χ2v) is 4.61. The van der Waals surface area contributed by atoms with E-state index in [0.29, 0.717) is 6.42 Å². The van der Waals surface area contributed by atoms with Gasteiger partial charge >= 0.3 is 5.97 Å². The van der Waals surface area contributed by atoms with E-state index in [0.717, 1.165) is 25.7 Å². The SMILES string of the molecule is CCCCCCCCC(=O)O[C@@H](C)CCC. The van der Waals surface area contributed by atoms with Crippen LogP contribution in [0.25, 0.3) is 0 Å². The minimum absolute atomic E-state index is 0.0172. The Labute approximate surface area is 101 Å². The Morgan fingerprint density at radius 3 is 2.25 bits per heavy atom. The quantitative estimate of drug-likeness (QED) is 0.407. The van der Waals surface area contributed by atoms with E-state index < -0.39 is 0 Å². The molecule has 0 aromatic rings. The molecule has 0 rings (SSSR count). The van der Waals surface area contributed by atoms with Crippen LogP contribution in [0.1, 0.15) is 78.6 Å². The van der Waals surface area contributed by atoms with E-state index >= 15 is 0 Å². The molecule has 0 N–H and O–H groups in total. The van der Waals surface area contributed by atoms with Crippen molar-refractivity contribution in [3.63, 3.8) is 0 Å². The normalized spacial score (nSPS) is 12.4. The van der Waals surface area contributed by atoms with Crippen LogP contribution < -0.4 is 0 Å². The zero-order valence-electron chi connectivity index (χ0n) is 11.3. The highest BCUT2D eigenvalue weighted by Crippen LogP contribution is 2.09. The van der Waals surface area contributed by atoms with Crippen LogP contribution in [-0.4, -0.2) is 12.1 Å². The molecule has 2 heteroatoms. The Morgan fingerprint density at radius 2 is 1.62 bits per heavy atom. The van der Waals surface area contributed by atoms with Gasteiger partial charge in [0.05, 0.1) is 6.10 Å². The van der Waals surface area contributed by atoms with Gasteiger partial charge in [-0.2, -0.15) is 0 Å². The molecule has 0 heterocycles. The van der Waals surface area contributed by atoms with Crippen molar-refractivity contribution in [2.75, 3.05) is 0 Å². The van der Waals surface area contributed by atoms with Crippen molar-refractivity contribution < 1.29 is 9.53 Å². The number of esters is 1. The summed E-state index contributed by atoms with van der Waals surface area (Å²) >= 11 is 0. The largest absolute Gasteiger partial charge is 0.463 e. The number of ether oxygens (including phenoxy) is 1. The van der Waals surface area contributed by atoms with E-state index in [1.54, 1.807) is 0 Å². The molecule has 0 saturated heterocycles. The van der Waals surface area contributed by atoms with Crippen molar-refractivity contribution in [3.05, 3.63) is 0 Å². The molecule has 0 unspecified atom stereocenters. The number of hydrogen-bond acceptors (Lipinski definition) is 2. The average Bonchev–Trinajstić information content (AvgIpc) is 2.23. The highest BCUT2D eigenvalue weighted by Gasteiger charge is 2.07. The Morgan fingerprint density at radius 1 is 1.00 bits per heavy atom. The van der Waals surface area contributed by atoms with Crippen LogP contribution in [0.4, 0.5) is 0 Å². The fourth-order valence-corrected chi connectivity index (χ4v) is 1.80. The molecule has 0 aromatic carbocycles. The predicted molar refractivity (Wildman–Crippen MR) is 68.5 cm³/mol. The van der Waals surface area contributed by atoms with Crippen LogP contribution in [0, 0.1) is 0 Å². The second kappa shape index (κ2) is 11.0. The van der Waals surface area contributed by atoms with E-state index in [1.165, 1.54) is 25.7 Å². The molecule has 0 radical (unpaired) electrons. The Balaban J connectivity index is 3.30. The first-order valence-electron chi connectivity index (χ1n) is 6.90. The van der Waals surface area contributed by atoms with Gasteiger partial charge in [-0.05, 0) is 19.8 Å². The molecule has 0 bridgehead atoms. The average molecular weight is 228 g/mol. The van der Waals surface area contributed by atoms with Gasteiger partial charge in [0.25, 0.3) is 0 Å². The van der Waals surface area contributed by atoms with Crippen LogP contribution >= 0.6 is 0 Å². The van der Waals surface area contributed by atoms with Crippen molar-refractivity contribution in [1.29, 1.82) is 0 Å². The summed E-state index contributed by atoms with van der Waals surface area (Å²) in [5.41, 5.74) is 0. The fraction of sp³-hybridized carbons (Fsp3) is 0.929. The van der Waals surface area contributed by atoms with Gasteiger partial charge in [0, 0.05) is 6.42 Å². The summed E-state index contributed by atoms with van der Waals surface area (Å²) in [5.74, 6) is -0.0172. The molecular weight excluding hydrogens is 200 g/mol. The maximum atomic E-state index is 11.4. The molecular formula is C14H28O2. The first-order valence-corrected chi connectivity index (χ1v) is 6.90. The molecule has 0 aliphatic heterocycles. The second-order valence-electron chi connectivity index (χ2n) is 4.61. The third-order valence-electron chi connectivity index (χ3n) is 2.76. The van der Waals surface area contributed by atoms with Crippen molar-refractivity contribution in [2.45, 2.75) is 84.7 Å². The minimum atomic E-state index is -0.0172. The van der Waals surface area contributed by atoms with Gasteiger partial charge in [0.2, 0.25) is 0 Å². The molecule has 96 valence electrons. The van der Waals surface area contributed by atoms with E-state index in [9.17, 15) is 4.79 Å². The summed E-state index contributed by atoms with van der Waals surface area (Å²) in [6.07, 6.45) is 10.0. The molecule has 1 atom stereocenters. The number of unbranched alkanes of at least 4 members (excludes halogenated alkanes) is 5. The van der Waals surface area contributed by atoms with Crippen LogP contribution in [0.5, 0.6) is 0 Å². The Kier molecular flexibility index (Phi) is 10.6. The summed E-state index contributed by atoms with van der Waals surface area (Å²) in [5, 5.41) is 0. The zero-order valence-corrected chi connectivity index (χ0v) is 11.3. The van der Waals surface area contributed by atoms with Gasteiger partial charge in [-0.15, -0.1) is 0 Å². The number of carbonyl (C=O) groups excluding carboxylic acids is 1. The van der Waals surface area contributed by atoms with Gasteiger partial charge in [-0.25, -0.2) is 0 Å². The maximum Gasteiger partial charge on any atom is 0.306 e. The maximum absolute atomic E-state index is 11.4. The number of rotatable bonds is 10. The monoisotopic (exact) mass is 228 g/mol. The van der Waals surface area contributed by atoms with Crippen molar-refractivity contribution in [1.82, 2.24) is 0 Å². The first-order chi connectivity index (χ1) is 7.70. The lowest BCUT2D eigenvalue weighted by atomic mass is 10.1. The van der Waals surface area contributed by atoms with E-state index in [1.807, 2.05) is 6.92 Å². The summed E-state index contributed by atoms with van der Waals surface area (Å²) in [6, 6.07) is 0. The Bertz CT molecular complexity index is 166. The summed E-state index contributed by atoms with van der Waals surface area (Å²) in [4.78, 5) is 11.4. The molecule has 0 fully saturated rings. The third kappa shape index (κ3) is 10.0. The van der Waals surface area contributed by atoms with Crippen LogP contribution in [0.2, 0.25) is 0 Å². The molecule has 0 aromatic heterocycles. The molecule has 16 heavy (non-hydrogen) atoms. The van der Waals surface area contributed by atoms with Crippen molar-refractivity contribution >= 4 is 5.97 Å². The van der Waals surface area contributed by atoms with Gasteiger partial charge in [0.1, 0.15) is 0 Å². The van der Waals surface area contributed by atoms with Crippen LogP contribution in [-0.2, 0) is 9.53 Å². The van der Waals surface area contributed by atoms with E-state index in [-0.39, 0.29) is 12.1 Å². The molecule has 0 amide bonds. The summed E-state index contributed by atoms with van der Waals surface area (Å²) in [6.45, 7) is 6.30. The lowest BCUT2D eigenvalue weighted by Crippen LogP contribution is -2.14. The molecule has 0 aliphatic rings. The molecule has 0 aliphatic carbocycles. The summed E-state index contributed by atoms with van der Waals surface area (Å²) < 4.78 is 5.28. The Hall–Kier alpha value is -0.530. The molecule has 0 saturated carbocycles. The zero-order chi connectivity index (χ0) is 12.2. The van der Waals surface area contributed by atoms with Crippen molar-refractivity contribution in [2.24, 2.45) is 0 Å². The van der Waals surface area contributed by atoms with Gasteiger partial charge in [0.15, 0.2) is 0 Å². The lowest BCUT2D eigenvalue weighted by Gasteiger charge is -2.11. The third-order valence-corrected chi connectivity index (χ3v) is 2.76. The number of hydrogen-bond donors (Lipinski definition) is 0. The fourth-order valence-electron chi connectivity index (χ4n) is 1.80. The van der Waals surface area contributed by atoms with Gasteiger partial charge < -0.3 is 4.74 Å². The lowest BCUT2D eigenvalue weighted by molar-refractivity contribution is -0.148. The standard InChI is InChI=1S/C14H28O2/c1-4-6-7-8-9-10-12-14(15)16-13(3)11-5-2/h13H,4-12H2,1-3H3/t13-/m0/s1. The smallest absolute Gasteiger partial charge is 0.306 e. The topological polar surface area (TPSA) is 26.3 Å². The predicted octanol–water partition coefficient (Wildman–Crippen LogP) is 4.47. The van der Waals surface area contributed by atoms with Crippen molar-refractivity contribution in [3.8, 4) is 0 Å². The summed E-state index contributed by atoms with van der Waals surface area (Å²) in [7, 11) is 0. The number of carbonyl (C=O) groups is 1. The van der Waals surface area contributed by atoms with Crippen LogP contribution in [0.3, 0.4) is 0 Å². The van der Waals surface area contributed by atoms with Gasteiger partial charge in [-0.3, -0.25) is 4.79 Å². The highest BCUT2D eigenvalue weighted by atomic mass is 16.5. The highest BCUT2D eigenvalue weighted by molar-refractivity contribution is 5.69. The minimum Gasteiger partial charge on any atom is -0.463 e. The van der Waals surface area contributed by atoms with Crippen LogP contribution in [0.15, 0.2) is 0 Å².